The fraction of sp³-hybridized carbons (Fsp3) is 0.458. The van der Waals surface area contributed by atoms with E-state index in [0.717, 1.165) is 0 Å². The number of benzene rings is 2. The number of methoxy groups -OCH3 is 2. The normalized spacial score (nSPS) is 44.9. The lowest BCUT2D eigenvalue weighted by molar-refractivity contribution is 0.0895. The Morgan fingerprint density at radius 1 is 1.18 bits per heavy atom. The van der Waals surface area contributed by atoms with Gasteiger partial charge in [0, 0.05) is 37.2 Å². The third-order valence-corrected chi connectivity index (χ3v) is 4.10. The zero-order chi connectivity index (χ0) is 37.1. The second kappa shape index (κ2) is 8.36. The Labute approximate surface area is 195 Å². The van der Waals surface area contributed by atoms with Crippen LogP contribution in [0.2, 0.25) is 0 Å². The van der Waals surface area contributed by atoms with Gasteiger partial charge in [-0.05, 0) is 67.6 Å². The van der Waals surface area contributed by atoms with Crippen LogP contribution in [0.4, 0.5) is 0 Å². The monoisotopic (exact) mass is 399 g/mol. The van der Waals surface area contributed by atoms with Crippen LogP contribution in [0.3, 0.4) is 0 Å². The molecule has 1 aliphatic heterocycles. The number of ketones is 1. The summed E-state index contributed by atoms with van der Waals surface area (Å²) in [5.74, 6) is -12.4. The van der Waals surface area contributed by atoms with Crippen molar-refractivity contribution in [3.8, 4) is 11.5 Å². The maximum absolute atomic E-state index is 14.0. The van der Waals surface area contributed by atoms with Crippen LogP contribution in [0.1, 0.15) is 68.0 Å². The van der Waals surface area contributed by atoms with Crippen molar-refractivity contribution < 1.29 is 41.7 Å². The number of carbonyl (C=O) groups is 1. The first-order valence-corrected chi connectivity index (χ1v) is 8.20. The Balaban J connectivity index is 1.98. The molecule has 1 aliphatic carbocycles. The zero-order valence-electron chi connectivity index (χ0n) is 34.4. The van der Waals surface area contributed by atoms with Gasteiger partial charge in [-0.15, -0.1) is 0 Å². The van der Waals surface area contributed by atoms with Crippen molar-refractivity contribution in [2.75, 3.05) is 27.1 Å². The molecule has 0 aromatic heterocycles. The minimum atomic E-state index is -4.47. The molecule has 0 amide bonds. The van der Waals surface area contributed by atoms with Crippen LogP contribution < -0.4 is 9.47 Å². The smallest absolute Gasteiger partial charge is 0.166 e. The van der Waals surface area contributed by atoms with E-state index >= 15 is 0 Å². The number of hydrogen-bond acceptors (Lipinski definition) is 4. The molecule has 4 heteroatoms. The van der Waals surface area contributed by atoms with Crippen LogP contribution >= 0.6 is 0 Å². The van der Waals surface area contributed by atoms with Gasteiger partial charge in [-0.3, -0.25) is 9.69 Å². The Bertz CT molecular complexity index is 1570. The van der Waals surface area contributed by atoms with Crippen molar-refractivity contribution in [3.63, 3.8) is 0 Å². The molecule has 28 heavy (non-hydrogen) atoms. The first-order valence-electron chi connectivity index (χ1n) is 18.2. The van der Waals surface area contributed by atoms with E-state index in [1.165, 1.54) is 24.3 Å². The summed E-state index contributed by atoms with van der Waals surface area (Å²) in [4.78, 5) is 14.1. The fourth-order valence-electron chi connectivity index (χ4n) is 2.76. The molecular formula is C24H29NO3. The number of hydrogen-bond donors (Lipinski definition) is 0. The van der Waals surface area contributed by atoms with Crippen molar-refractivity contribution in [1.29, 1.82) is 0 Å². The number of ether oxygens (including phenoxy) is 2. The van der Waals surface area contributed by atoms with Crippen molar-refractivity contribution in [1.82, 2.24) is 4.90 Å². The first kappa shape index (κ1) is 6.60. The Hall–Kier alpha value is -2.33. The molecule has 1 heterocycles. The Morgan fingerprint density at radius 2 is 1.89 bits per heavy atom. The number of piperidine rings is 1. The molecule has 0 saturated carbocycles. The summed E-state index contributed by atoms with van der Waals surface area (Å²) >= 11 is 0. The summed E-state index contributed by atoms with van der Waals surface area (Å²) in [7, 11) is -6.62. The number of fused-ring (bicyclic) bond motifs is 1. The lowest BCUT2D eigenvalue weighted by Crippen LogP contribution is -2.34. The van der Waals surface area contributed by atoms with Gasteiger partial charge in [0.05, 0.1) is 22.3 Å². The second-order valence-corrected chi connectivity index (χ2v) is 5.92. The van der Waals surface area contributed by atoms with Crippen LogP contribution in [-0.4, -0.2) is 37.8 Å². The average Bonchev–Trinajstić information content (AvgIpc) is 3.06. The number of Topliss-reactive ketones (excluding diaryl/α,β-unsaturated/α-hetero) is 1. The van der Waals surface area contributed by atoms with Crippen molar-refractivity contribution in [3.05, 3.63) is 59.2 Å². The molecule has 0 bridgehead atoms. The molecule has 1 saturated heterocycles. The molecule has 4 nitrogen and oxygen atoms in total. The van der Waals surface area contributed by atoms with Gasteiger partial charge >= 0.3 is 0 Å². The molecule has 0 spiro atoms. The van der Waals surface area contributed by atoms with Crippen molar-refractivity contribution in [2.45, 2.75) is 32.0 Å². The van der Waals surface area contributed by atoms with Gasteiger partial charge in [-0.25, -0.2) is 0 Å². The minimum absolute atomic E-state index is 0.117. The molecule has 4 rings (SSSR count). The highest BCUT2D eigenvalue weighted by Crippen LogP contribution is 2.39. The van der Waals surface area contributed by atoms with Gasteiger partial charge < -0.3 is 9.47 Å². The molecule has 0 N–H and O–H groups in total. The highest BCUT2D eigenvalue weighted by molar-refractivity contribution is 6.02. The number of likely N-dealkylation sites (tertiary alicyclic amines) is 1. The van der Waals surface area contributed by atoms with Crippen molar-refractivity contribution in [2.24, 2.45) is 11.8 Å². The van der Waals surface area contributed by atoms with Crippen LogP contribution in [0.25, 0.3) is 0 Å². The summed E-state index contributed by atoms with van der Waals surface area (Å²) in [5, 5.41) is 0. The maximum atomic E-state index is 14.0. The van der Waals surface area contributed by atoms with Crippen molar-refractivity contribution >= 4 is 5.78 Å². The summed E-state index contributed by atoms with van der Waals surface area (Å²) < 4.78 is 177. The van der Waals surface area contributed by atoms with E-state index in [4.69, 9.17) is 36.9 Å². The molecule has 2 aromatic carbocycles. The van der Waals surface area contributed by atoms with E-state index in [2.05, 4.69) is 0 Å². The Morgan fingerprint density at radius 3 is 2.61 bits per heavy atom. The van der Waals surface area contributed by atoms with Crippen LogP contribution in [-0.2, 0) is 12.9 Å². The van der Waals surface area contributed by atoms with E-state index in [-0.39, 0.29) is 10.5 Å². The standard InChI is InChI=1S/C24H29NO3/c1-27-22-14-19-13-20(24(26)21(19)15-23(22)28-2)12-17-8-10-25(11-9-17)16-18-6-4-3-5-7-18/h3-7,14-15,17,20H,8-13,16H2,1-2H3/i1D3,2D3,8D2,9D2,10D2,11D2,12D2,13D2,17D,20D. The molecule has 0 radical (unpaired) electrons. The van der Waals surface area contributed by atoms with E-state index in [1.807, 2.05) is 0 Å². The van der Waals surface area contributed by atoms with Crippen LogP contribution in [0.15, 0.2) is 42.5 Å². The maximum Gasteiger partial charge on any atom is 0.166 e. The molecule has 148 valence electrons. The van der Waals surface area contributed by atoms with Gasteiger partial charge in [0.15, 0.2) is 17.3 Å². The van der Waals surface area contributed by atoms with Gasteiger partial charge in [0.2, 0.25) is 0 Å². The Kier molecular flexibility index (Phi) is 1.97. The van der Waals surface area contributed by atoms with Crippen LogP contribution in [0.5, 0.6) is 11.5 Å². The highest BCUT2D eigenvalue weighted by Gasteiger charge is 2.34. The predicted octanol–water partition coefficient (Wildman–Crippen LogP) is 4.36. The number of carbonyl (C=O) groups excluding carboxylic acids is 1. The van der Waals surface area contributed by atoms with E-state index in [0.29, 0.717) is 12.1 Å². The molecular weight excluding hydrogens is 350 g/mol. The lowest BCUT2D eigenvalue weighted by atomic mass is 9.85. The van der Waals surface area contributed by atoms with Gasteiger partial charge in [0.1, 0.15) is 0 Å². The minimum Gasteiger partial charge on any atom is -0.493 e. The molecule has 2 aromatic rings. The topological polar surface area (TPSA) is 38.8 Å². The summed E-state index contributed by atoms with van der Waals surface area (Å²) in [6.07, 6.45) is -16.5. The molecule has 1 atom stereocenters. The first-order chi connectivity index (χ1) is 21.3. The molecule has 1 unspecified atom stereocenters. The predicted molar refractivity (Wildman–Crippen MR) is 110 cm³/mol. The summed E-state index contributed by atoms with van der Waals surface area (Å²) in [5.41, 5.74) is -1.81. The fourth-order valence-corrected chi connectivity index (χ4v) is 2.76. The largest absolute Gasteiger partial charge is 0.493 e. The summed E-state index contributed by atoms with van der Waals surface area (Å²) in [6.45, 7) is -8.30. The average molecular weight is 400 g/mol. The van der Waals surface area contributed by atoms with Gasteiger partial charge in [0.25, 0.3) is 0 Å². The number of nitrogens with zero attached hydrogens (tertiary/aromatic N) is 1. The van der Waals surface area contributed by atoms with Crippen LogP contribution in [0, 0.1) is 11.8 Å². The molecule has 1 fully saturated rings. The second-order valence-electron chi connectivity index (χ2n) is 5.92. The third-order valence-electron chi connectivity index (χ3n) is 4.10. The third kappa shape index (κ3) is 3.93. The van der Waals surface area contributed by atoms with E-state index in [9.17, 15) is 4.79 Å². The SMILES string of the molecule is [2H]C([2H])([2H])Oc1cc2c(cc1OC([2H])([2H])[2H])C([2H])([2H])C([2H])(C([2H])([2H])C1([2H])C([2H])([2H])C([2H])([2H])N(Cc3ccccc3)C([2H])([2H])C1([2H])[2H])C2=O. The highest BCUT2D eigenvalue weighted by atomic mass is 16.5. The molecule has 2 aliphatic rings. The van der Waals surface area contributed by atoms with E-state index in [1.54, 1.807) is 6.07 Å². The van der Waals surface area contributed by atoms with Gasteiger partial charge in [-0.1, -0.05) is 30.3 Å². The van der Waals surface area contributed by atoms with Gasteiger partial charge in [-0.2, -0.15) is 0 Å². The number of rotatable bonds is 6. The van der Waals surface area contributed by atoms with E-state index < -0.39 is 99.3 Å². The summed E-state index contributed by atoms with van der Waals surface area (Å²) in [6, 6.07) is 8.24. The zero-order valence-corrected chi connectivity index (χ0v) is 14.4. The lowest BCUT2D eigenvalue weighted by Gasteiger charge is -2.32. The quantitative estimate of drug-likeness (QED) is 0.723.